The number of rotatable bonds is 3. The highest BCUT2D eigenvalue weighted by atomic mass is 32.1. The molecule has 1 heterocycles. The molecule has 1 fully saturated rings. The maximum atomic E-state index is 13.8. The Labute approximate surface area is 114 Å². The van der Waals surface area contributed by atoms with Crippen molar-refractivity contribution in [2.45, 2.75) is 12.5 Å². The molecule has 0 aromatic heterocycles. The van der Waals surface area contributed by atoms with E-state index in [1.54, 1.807) is 7.05 Å². The van der Waals surface area contributed by atoms with Gasteiger partial charge in [0.05, 0.1) is 5.69 Å². The fourth-order valence-electron chi connectivity index (χ4n) is 2.00. The zero-order valence-electron chi connectivity index (χ0n) is 10.2. The molecule has 1 atom stereocenters. The van der Waals surface area contributed by atoms with Gasteiger partial charge in [0, 0.05) is 19.2 Å². The quantitative estimate of drug-likeness (QED) is 0.821. The SMILES string of the molecule is CN1CCC(Nc2ccc(C(N)=S)c(F)c2F)C1=O. The van der Waals surface area contributed by atoms with Gasteiger partial charge >= 0.3 is 0 Å². The molecule has 1 aromatic rings. The summed E-state index contributed by atoms with van der Waals surface area (Å²) in [5, 5.41) is 2.71. The number of likely N-dealkylation sites (N-methyl/N-ethyl adjacent to an activating group) is 1. The summed E-state index contributed by atoms with van der Waals surface area (Å²) in [6, 6.07) is 2.10. The molecule has 2 rings (SSSR count). The topological polar surface area (TPSA) is 58.4 Å². The summed E-state index contributed by atoms with van der Waals surface area (Å²) < 4.78 is 27.5. The van der Waals surface area contributed by atoms with Crippen LogP contribution in [0.4, 0.5) is 14.5 Å². The molecular weight excluding hydrogens is 272 g/mol. The molecule has 1 aromatic carbocycles. The van der Waals surface area contributed by atoms with Crippen LogP contribution in [0.3, 0.4) is 0 Å². The highest BCUT2D eigenvalue weighted by Gasteiger charge is 2.30. The Morgan fingerprint density at radius 3 is 2.68 bits per heavy atom. The molecule has 7 heteroatoms. The van der Waals surface area contributed by atoms with Crippen LogP contribution in [-0.2, 0) is 4.79 Å². The van der Waals surface area contributed by atoms with Gasteiger partial charge < -0.3 is 16.0 Å². The van der Waals surface area contributed by atoms with Crippen molar-refractivity contribution in [3.8, 4) is 0 Å². The average Bonchev–Trinajstić information content (AvgIpc) is 2.66. The van der Waals surface area contributed by atoms with Crippen LogP contribution in [0.1, 0.15) is 12.0 Å². The molecule has 0 aliphatic carbocycles. The Morgan fingerprint density at radius 2 is 2.16 bits per heavy atom. The van der Waals surface area contributed by atoms with Crippen LogP contribution < -0.4 is 11.1 Å². The molecule has 1 saturated heterocycles. The molecule has 0 bridgehead atoms. The van der Waals surface area contributed by atoms with Crippen LogP contribution in [0, 0.1) is 11.6 Å². The fourth-order valence-corrected chi connectivity index (χ4v) is 2.15. The summed E-state index contributed by atoms with van der Waals surface area (Å²) in [7, 11) is 1.66. The van der Waals surface area contributed by atoms with Crippen molar-refractivity contribution in [1.82, 2.24) is 4.90 Å². The number of benzene rings is 1. The van der Waals surface area contributed by atoms with Gasteiger partial charge in [-0.2, -0.15) is 0 Å². The van der Waals surface area contributed by atoms with E-state index in [0.717, 1.165) is 0 Å². The molecule has 1 aliphatic heterocycles. The summed E-state index contributed by atoms with van der Waals surface area (Å²) in [5.41, 5.74) is 5.07. The highest BCUT2D eigenvalue weighted by Crippen LogP contribution is 2.23. The molecule has 1 amide bonds. The van der Waals surface area contributed by atoms with Crippen molar-refractivity contribution >= 4 is 28.8 Å². The Morgan fingerprint density at radius 1 is 1.47 bits per heavy atom. The molecular formula is C12H13F2N3OS. The molecule has 4 nitrogen and oxygen atoms in total. The number of halogens is 2. The highest BCUT2D eigenvalue weighted by molar-refractivity contribution is 7.80. The van der Waals surface area contributed by atoms with E-state index in [1.807, 2.05) is 0 Å². The number of hydrogen-bond donors (Lipinski definition) is 2. The minimum atomic E-state index is -1.10. The lowest BCUT2D eigenvalue weighted by Crippen LogP contribution is -2.31. The molecule has 0 saturated carbocycles. The molecule has 1 unspecified atom stereocenters. The predicted octanol–water partition coefficient (Wildman–Crippen LogP) is 1.24. The van der Waals surface area contributed by atoms with E-state index in [0.29, 0.717) is 13.0 Å². The van der Waals surface area contributed by atoms with Crippen molar-refractivity contribution in [2.24, 2.45) is 5.73 Å². The molecule has 1 aliphatic rings. The summed E-state index contributed by atoms with van der Waals surface area (Å²) in [4.78, 5) is 13.0. The van der Waals surface area contributed by atoms with E-state index in [1.165, 1.54) is 17.0 Å². The van der Waals surface area contributed by atoms with Gasteiger partial charge in [-0.1, -0.05) is 12.2 Å². The van der Waals surface area contributed by atoms with Crippen LogP contribution in [0.15, 0.2) is 12.1 Å². The van der Waals surface area contributed by atoms with Gasteiger partial charge in [-0.25, -0.2) is 8.78 Å². The number of nitrogens with one attached hydrogen (secondary N) is 1. The third-order valence-electron chi connectivity index (χ3n) is 3.11. The summed E-state index contributed by atoms with van der Waals surface area (Å²) in [6.45, 7) is 0.589. The number of nitrogens with two attached hydrogens (primary N) is 1. The molecule has 0 radical (unpaired) electrons. The minimum Gasteiger partial charge on any atom is -0.389 e. The van der Waals surface area contributed by atoms with E-state index in [-0.39, 0.29) is 22.1 Å². The molecule has 19 heavy (non-hydrogen) atoms. The number of likely N-dealkylation sites (tertiary alicyclic amines) is 1. The summed E-state index contributed by atoms with van der Waals surface area (Å²) >= 11 is 4.62. The van der Waals surface area contributed by atoms with Crippen LogP contribution in [0.2, 0.25) is 0 Å². The van der Waals surface area contributed by atoms with Gasteiger partial charge in [0.2, 0.25) is 5.91 Å². The monoisotopic (exact) mass is 285 g/mol. The van der Waals surface area contributed by atoms with E-state index < -0.39 is 17.7 Å². The lowest BCUT2D eigenvalue weighted by atomic mass is 10.1. The van der Waals surface area contributed by atoms with Gasteiger partial charge in [0.1, 0.15) is 11.0 Å². The second kappa shape index (κ2) is 5.08. The Balaban J connectivity index is 2.25. The third kappa shape index (κ3) is 2.51. The summed E-state index contributed by atoms with van der Waals surface area (Å²) in [5.74, 6) is -2.32. The van der Waals surface area contributed by atoms with E-state index in [9.17, 15) is 13.6 Å². The number of amides is 1. The Kier molecular flexibility index (Phi) is 3.66. The van der Waals surface area contributed by atoms with Crippen molar-refractivity contribution < 1.29 is 13.6 Å². The maximum absolute atomic E-state index is 13.8. The number of thiocarbonyl (C=S) groups is 1. The van der Waals surface area contributed by atoms with Crippen LogP contribution in [-0.4, -0.2) is 35.4 Å². The zero-order valence-corrected chi connectivity index (χ0v) is 11.1. The van der Waals surface area contributed by atoms with Gasteiger partial charge in [-0.05, 0) is 18.6 Å². The Bertz CT molecular complexity index is 550. The third-order valence-corrected chi connectivity index (χ3v) is 3.32. The lowest BCUT2D eigenvalue weighted by molar-refractivity contribution is -0.127. The molecule has 0 spiro atoms. The number of carbonyl (C=O) groups is 1. The molecule has 3 N–H and O–H groups in total. The smallest absolute Gasteiger partial charge is 0.244 e. The minimum absolute atomic E-state index is 0.0637. The Hall–Kier alpha value is -1.76. The maximum Gasteiger partial charge on any atom is 0.244 e. The summed E-state index contributed by atoms with van der Waals surface area (Å²) in [6.07, 6.45) is 0.549. The molecule has 102 valence electrons. The standard InChI is InChI=1S/C12H13F2N3OS/c1-17-5-4-8(12(17)18)16-7-3-2-6(11(15)19)9(13)10(7)14/h2-3,8,16H,4-5H2,1H3,(H2,15,19). The van der Waals surface area contributed by atoms with E-state index >= 15 is 0 Å². The van der Waals surface area contributed by atoms with E-state index in [2.05, 4.69) is 17.5 Å². The predicted molar refractivity (Wildman–Crippen MR) is 71.9 cm³/mol. The number of hydrogen-bond acceptors (Lipinski definition) is 3. The van der Waals surface area contributed by atoms with E-state index in [4.69, 9.17) is 5.73 Å². The van der Waals surface area contributed by atoms with Crippen molar-refractivity contribution in [2.75, 3.05) is 18.9 Å². The van der Waals surface area contributed by atoms with Crippen LogP contribution >= 0.6 is 12.2 Å². The van der Waals surface area contributed by atoms with Gasteiger partial charge in [0.25, 0.3) is 0 Å². The zero-order chi connectivity index (χ0) is 14.2. The first-order valence-corrected chi connectivity index (χ1v) is 6.12. The average molecular weight is 285 g/mol. The van der Waals surface area contributed by atoms with Crippen LogP contribution in [0.25, 0.3) is 0 Å². The van der Waals surface area contributed by atoms with Crippen LogP contribution in [0.5, 0.6) is 0 Å². The van der Waals surface area contributed by atoms with Crippen molar-refractivity contribution in [1.29, 1.82) is 0 Å². The first kappa shape index (κ1) is 13.7. The second-order valence-corrected chi connectivity index (χ2v) is 4.84. The van der Waals surface area contributed by atoms with Crippen molar-refractivity contribution in [3.63, 3.8) is 0 Å². The largest absolute Gasteiger partial charge is 0.389 e. The number of anilines is 1. The second-order valence-electron chi connectivity index (χ2n) is 4.40. The van der Waals surface area contributed by atoms with Gasteiger partial charge in [-0.15, -0.1) is 0 Å². The first-order valence-electron chi connectivity index (χ1n) is 5.71. The lowest BCUT2D eigenvalue weighted by Gasteiger charge is -2.15. The number of nitrogens with zero attached hydrogens (tertiary/aromatic N) is 1. The van der Waals surface area contributed by atoms with Gasteiger partial charge in [0.15, 0.2) is 11.6 Å². The fraction of sp³-hybridized carbons (Fsp3) is 0.333. The number of carbonyl (C=O) groups excluding carboxylic acids is 1. The normalized spacial score (nSPS) is 18.8. The van der Waals surface area contributed by atoms with Gasteiger partial charge in [-0.3, -0.25) is 4.79 Å². The first-order chi connectivity index (χ1) is 8.91. The van der Waals surface area contributed by atoms with Crippen molar-refractivity contribution in [3.05, 3.63) is 29.3 Å².